The van der Waals surface area contributed by atoms with Crippen LogP contribution in [-0.2, 0) is 17.9 Å². The summed E-state index contributed by atoms with van der Waals surface area (Å²) in [6.45, 7) is 7.31. The van der Waals surface area contributed by atoms with Crippen molar-refractivity contribution >= 4 is 16.9 Å². The molecule has 1 atom stereocenters. The lowest BCUT2D eigenvalue weighted by Crippen LogP contribution is -2.42. The molecule has 4 heterocycles. The van der Waals surface area contributed by atoms with Gasteiger partial charge in [0.2, 0.25) is 0 Å². The van der Waals surface area contributed by atoms with Crippen molar-refractivity contribution in [3.63, 3.8) is 0 Å². The highest BCUT2D eigenvalue weighted by Crippen LogP contribution is 2.38. The minimum Gasteiger partial charge on any atom is -0.381 e. The van der Waals surface area contributed by atoms with Gasteiger partial charge < -0.3 is 20.3 Å². The molecule has 0 aliphatic carbocycles. The van der Waals surface area contributed by atoms with Crippen LogP contribution in [0.3, 0.4) is 0 Å². The number of fused-ring (bicyclic) bond motifs is 2. The van der Waals surface area contributed by atoms with Crippen molar-refractivity contribution in [1.29, 1.82) is 0 Å². The van der Waals surface area contributed by atoms with Gasteiger partial charge in [0, 0.05) is 42.5 Å². The minimum absolute atomic E-state index is 0.225. The summed E-state index contributed by atoms with van der Waals surface area (Å²) < 4.78 is 0. The largest absolute Gasteiger partial charge is 0.381 e. The third-order valence-electron chi connectivity index (χ3n) is 6.40. The van der Waals surface area contributed by atoms with Gasteiger partial charge >= 0.3 is 0 Å². The zero-order valence-corrected chi connectivity index (χ0v) is 17.7. The molecule has 6 nitrogen and oxygen atoms in total. The van der Waals surface area contributed by atoms with Gasteiger partial charge in [-0.05, 0) is 86.2 Å². The average molecular weight is 405 g/mol. The number of nitrogens with zero attached hydrogens (tertiary/aromatic N) is 2. The van der Waals surface area contributed by atoms with Crippen LogP contribution >= 0.6 is 0 Å². The second kappa shape index (κ2) is 6.93. The molecule has 0 bridgehead atoms. The van der Waals surface area contributed by atoms with Crippen LogP contribution in [0.5, 0.6) is 0 Å². The Labute approximate surface area is 176 Å². The molecule has 1 aromatic carbocycles. The van der Waals surface area contributed by atoms with Crippen LogP contribution in [0.1, 0.15) is 55.0 Å². The molecule has 30 heavy (non-hydrogen) atoms. The van der Waals surface area contributed by atoms with Crippen molar-refractivity contribution in [3.05, 3.63) is 52.8 Å². The van der Waals surface area contributed by atoms with E-state index in [4.69, 9.17) is 0 Å². The van der Waals surface area contributed by atoms with Gasteiger partial charge in [0.25, 0.3) is 5.91 Å². The highest BCUT2D eigenvalue weighted by molar-refractivity contribution is 5.86. The number of carbonyl (C=O) groups is 1. The van der Waals surface area contributed by atoms with E-state index in [-0.39, 0.29) is 5.91 Å². The molecule has 3 N–H and O–H groups in total. The second-order valence-electron chi connectivity index (χ2n) is 9.16. The maximum Gasteiger partial charge on any atom is 0.254 e. The van der Waals surface area contributed by atoms with Gasteiger partial charge in [-0.2, -0.15) is 0 Å². The van der Waals surface area contributed by atoms with Gasteiger partial charge in [-0.25, -0.2) is 4.98 Å². The summed E-state index contributed by atoms with van der Waals surface area (Å²) >= 11 is 0. The smallest absolute Gasteiger partial charge is 0.254 e. The Hall–Kier alpha value is -2.70. The van der Waals surface area contributed by atoms with Crippen LogP contribution in [0, 0.1) is 6.92 Å². The summed E-state index contributed by atoms with van der Waals surface area (Å²) in [6, 6.07) is 6.96. The highest BCUT2D eigenvalue weighted by atomic mass is 16.3. The molecular formula is C24H28N4O2. The van der Waals surface area contributed by atoms with Gasteiger partial charge in [-0.1, -0.05) is 0 Å². The first-order chi connectivity index (χ1) is 14.3. The van der Waals surface area contributed by atoms with E-state index in [9.17, 15) is 9.90 Å². The Morgan fingerprint density at radius 3 is 2.80 bits per heavy atom. The Morgan fingerprint density at radius 1 is 1.23 bits per heavy atom. The number of aromatic amines is 1. The first kappa shape index (κ1) is 19.3. The maximum atomic E-state index is 12.7. The number of nitrogens with one attached hydrogen (secondary N) is 2. The van der Waals surface area contributed by atoms with Crippen LogP contribution in [0.25, 0.3) is 22.2 Å². The fourth-order valence-electron chi connectivity index (χ4n) is 4.79. The SMILES string of the molecule is Cc1c[nH]c2ncc(-c3cc4c(c([C@@H]5CCCN5)c3)CN(C(=O)C(C)(C)O)C4)cc12. The molecule has 3 aromatic rings. The molecule has 0 radical (unpaired) electrons. The number of aryl methyl sites for hydroxylation is 1. The lowest BCUT2D eigenvalue weighted by atomic mass is 9.91. The third-order valence-corrected chi connectivity index (χ3v) is 6.40. The summed E-state index contributed by atoms with van der Waals surface area (Å²) in [5.41, 5.74) is 6.60. The molecule has 2 aliphatic heterocycles. The van der Waals surface area contributed by atoms with Crippen molar-refractivity contribution in [2.24, 2.45) is 0 Å². The van der Waals surface area contributed by atoms with E-state index in [1.54, 1.807) is 18.7 Å². The van der Waals surface area contributed by atoms with Crippen LogP contribution < -0.4 is 5.32 Å². The normalized spacial score (nSPS) is 18.9. The summed E-state index contributed by atoms with van der Waals surface area (Å²) in [7, 11) is 0. The van der Waals surface area contributed by atoms with Crippen LogP contribution in [-0.4, -0.2) is 38.0 Å². The minimum atomic E-state index is -1.36. The van der Waals surface area contributed by atoms with Crippen LogP contribution in [0.15, 0.2) is 30.6 Å². The third kappa shape index (κ3) is 3.20. The molecule has 156 valence electrons. The number of hydrogen-bond donors (Lipinski definition) is 3. The van der Waals surface area contributed by atoms with Crippen LogP contribution in [0.4, 0.5) is 0 Å². The number of amides is 1. The van der Waals surface area contributed by atoms with E-state index in [1.807, 2.05) is 12.4 Å². The lowest BCUT2D eigenvalue weighted by Gasteiger charge is -2.24. The number of H-pyrrole nitrogens is 1. The number of aliphatic hydroxyl groups is 1. The maximum absolute atomic E-state index is 12.7. The van der Waals surface area contributed by atoms with Crippen molar-refractivity contribution in [2.45, 2.75) is 58.3 Å². The monoisotopic (exact) mass is 404 g/mol. The molecule has 1 saturated heterocycles. The number of aromatic nitrogens is 2. The zero-order valence-electron chi connectivity index (χ0n) is 17.7. The van der Waals surface area contributed by atoms with E-state index >= 15 is 0 Å². The van der Waals surface area contributed by atoms with E-state index in [0.717, 1.165) is 41.5 Å². The number of hydrogen-bond acceptors (Lipinski definition) is 4. The molecule has 6 heteroatoms. The lowest BCUT2D eigenvalue weighted by molar-refractivity contribution is -0.148. The summed E-state index contributed by atoms with van der Waals surface area (Å²) in [4.78, 5) is 22.3. The van der Waals surface area contributed by atoms with Crippen molar-refractivity contribution in [1.82, 2.24) is 20.2 Å². The van der Waals surface area contributed by atoms with Gasteiger partial charge in [0.05, 0.1) is 0 Å². The summed E-state index contributed by atoms with van der Waals surface area (Å²) in [6.07, 6.45) is 6.16. The topological polar surface area (TPSA) is 81.2 Å². The fraction of sp³-hybridized carbons (Fsp3) is 0.417. The molecule has 0 spiro atoms. The summed E-state index contributed by atoms with van der Waals surface area (Å²) in [5.74, 6) is -0.225. The van der Waals surface area contributed by atoms with Gasteiger partial charge in [0.15, 0.2) is 0 Å². The van der Waals surface area contributed by atoms with Crippen molar-refractivity contribution in [2.75, 3.05) is 6.54 Å². The van der Waals surface area contributed by atoms with E-state index in [2.05, 4.69) is 40.4 Å². The molecule has 2 aromatic heterocycles. The van der Waals surface area contributed by atoms with Crippen LogP contribution in [0.2, 0.25) is 0 Å². The first-order valence-electron chi connectivity index (χ1n) is 10.7. The Kier molecular flexibility index (Phi) is 4.45. The van der Waals surface area contributed by atoms with E-state index in [0.29, 0.717) is 19.1 Å². The molecule has 0 unspecified atom stereocenters. The van der Waals surface area contributed by atoms with E-state index < -0.39 is 5.60 Å². The number of pyridine rings is 1. The average Bonchev–Trinajstić information content (AvgIpc) is 3.45. The predicted molar refractivity (Wildman–Crippen MR) is 117 cm³/mol. The zero-order chi connectivity index (χ0) is 21.0. The predicted octanol–water partition coefficient (Wildman–Crippen LogP) is 3.58. The number of rotatable bonds is 3. The number of benzene rings is 1. The summed E-state index contributed by atoms with van der Waals surface area (Å²) in [5, 5.41) is 15.0. The Morgan fingerprint density at radius 2 is 2.07 bits per heavy atom. The Bertz CT molecular complexity index is 1140. The molecule has 1 fully saturated rings. The van der Waals surface area contributed by atoms with Gasteiger partial charge in [-0.15, -0.1) is 0 Å². The highest BCUT2D eigenvalue weighted by Gasteiger charge is 2.35. The van der Waals surface area contributed by atoms with Crippen molar-refractivity contribution < 1.29 is 9.90 Å². The van der Waals surface area contributed by atoms with E-state index in [1.165, 1.54) is 22.3 Å². The standard InChI is InChI=1S/C24H28N4O2/c1-14-10-26-22-18(14)9-16(11-27-22)15-7-17-12-28(23(29)24(2,3)30)13-20(17)19(8-15)21-5-4-6-25-21/h7-11,21,25,30H,4-6,12-13H2,1-3H3,(H,26,27)/t21-/m0/s1. The van der Waals surface area contributed by atoms with Gasteiger partial charge in [0.1, 0.15) is 11.2 Å². The second-order valence-corrected chi connectivity index (χ2v) is 9.16. The molecule has 1 amide bonds. The fourth-order valence-corrected chi connectivity index (χ4v) is 4.79. The quantitative estimate of drug-likeness (QED) is 0.623. The first-order valence-corrected chi connectivity index (χ1v) is 10.7. The molecule has 0 saturated carbocycles. The Balaban J connectivity index is 1.59. The molecule has 5 rings (SSSR count). The molecular weight excluding hydrogens is 376 g/mol. The molecule has 2 aliphatic rings. The number of carbonyl (C=O) groups excluding carboxylic acids is 1. The van der Waals surface area contributed by atoms with Gasteiger partial charge in [-0.3, -0.25) is 4.79 Å². The van der Waals surface area contributed by atoms with Crippen molar-refractivity contribution in [3.8, 4) is 11.1 Å².